The Labute approximate surface area is 196 Å². The standard InChI is InChI=1S/C28H58O3/c1-7-8-9-10-11-12-13-14-17-30-23-31-18-15-16-24(2)19-25(3)20-26(4)21-27(5)22-28(6)29/h24-29H,7-23H2,1-6H3. The number of hydrogen-bond donors (Lipinski definition) is 1. The van der Waals surface area contributed by atoms with Gasteiger partial charge in [0.2, 0.25) is 0 Å². The van der Waals surface area contributed by atoms with Crippen LogP contribution >= 0.6 is 0 Å². The van der Waals surface area contributed by atoms with Crippen LogP contribution in [0.3, 0.4) is 0 Å². The van der Waals surface area contributed by atoms with Gasteiger partial charge in [-0.2, -0.15) is 0 Å². The molecular formula is C28H58O3. The van der Waals surface area contributed by atoms with Crippen LogP contribution in [-0.2, 0) is 9.47 Å². The fraction of sp³-hybridized carbons (Fsp3) is 1.00. The Morgan fingerprint density at radius 3 is 1.55 bits per heavy atom. The molecule has 0 aromatic heterocycles. The predicted octanol–water partition coefficient (Wildman–Crippen LogP) is 8.38. The highest BCUT2D eigenvalue weighted by molar-refractivity contribution is 4.67. The summed E-state index contributed by atoms with van der Waals surface area (Å²) in [5, 5.41) is 9.54. The Hall–Kier alpha value is -0.120. The SMILES string of the molecule is CCCCCCCCCCOCOCCCC(C)CC(C)CC(C)CC(C)CC(C)O. The van der Waals surface area contributed by atoms with Crippen LogP contribution in [-0.4, -0.2) is 31.2 Å². The minimum absolute atomic E-state index is 0.169. The molecule has 0 aliphatic carbocycles. The topological polar surface area (TPSA) is 38.7 Å². The molecule has 31 heavy (non-hydrogen) atoms. The number of hydrogen-bond acceptors (Lipinski definition) is 3. The van der Waals surface area contributed by atoms with E-state index in [4.69, 9.17) is 9.47 Å². The quantitative estimate of drug-likeness (QED) is 0.127. The number of aliphatic hydroxyl groups excluding tert-OH is 1. The lowest BCUT2D eigenvalue weighted by Gasteiger charge is -2.23. The molecular weight excluding hydrogens is 384 g/mol. The molecule has 0 fully saturated rings. The third-order valence-electron chi connectivity index (χ3n) is 6.45. The Bertz CT molecular complexity index is 358. The van der Waals surface area contributed by atoms with Gasteiger partial charge < -0.3 is 14.6 Å². The fourth-order valence-corrected chi connectivity index (χ4v) is 5.10. The van der Waals surface area contributed by atoms with Gasteiger partial charge in [-0.15, -0.1) is 0 Å². The summed E-state index contributed by atoms with van der Waals surface area (Å²) in [7, 11) is 0. The Kier molecular flexibility index (Phi) is 21.6. The number of aliphatic hydroxyl groups is 1. The molecule has 0 aliphatic rings. The smallest absolute Gasteiger partial charge is 0.146 e. The number of ether oxygens (including phenoxy) is 2. The molecule has 0 bridgehead atoms. The molecule has 1 N–H and O–H groups in total. The van der Waals surface area contributed by atoms with E-state index in [0.717, 1.165) is 43.8 Å². The zero-order valence-corrected chi connectivity index (χ0v) is 22.2. The van der Waals surface area contributed by atoms with Gasteiger partial charge in [0.15, 0.2) is 0 Å². The van der Waals surface area contributed by atoms with E-state index in [2.05, 4.69) is 34.6 Å². The van der Waals surface area contributed by atoms with Crippen molar-refractivity contribution in [2.75, 3.05) is 20.0 Å². The molecule has 188 valence electrons. The zero-order valence-electron chi connectivity index (χ0n) is 22.2. The Morgan fingerprint density at radius 2 is 1.00 bits per heavy atom. The van der Waals surface area contributed by atoms with E-state index in [1.165, 1.54) is 77.0 Å². The summed E-state index contributed by atoms with van der Waals surface area (Å²) < 4.78 is 11.3. The van der Waals surface area contributed by atoms with Crippen LogP contribution in [0.4, 0.5) is 0 Å². The van der Waals surface area contributed by atoms with E-state index in [1.54, 1.807) is 0 Å². The molecule has 5 unspecified atom stereocenters. The van der Waals surface area contributed by atoms with Crippen molar-refractivity contribution >= 4 is 0 Å². The summed E-state index contributed by atoms with van der Waals surface area (Å²) in [6, 6.07) is 0. The van der Waals surface area contributed by atoms with E-state index in [1.807, 2.05) is 6.92 Å². The Balaban J connectivity index is 3.48. The Morgan fingerprint density at radius 1 is 0.548 bits per heavy atom. The summed E-state index contributed by atoms with van der Waals surface area (Å²) in [4.78, 5) is 0. The van der Waals surface area contributed by atoms with Gasteiger partial charge in [-0.25, -0.2) is 0 Å². The van der Waals surface area contributed by atoms with Gasteiger partial charge in [0.25, 0.3) is 0 Å². The fourth-order valence-electron chi connectivity index (χ4n) is 5.10. The highest BCUT2D eigenvalue weighted by Gasteiger charge is 2.16. The lowest BCUT2D eigenvalue weighted by atomic mass is 9.83. The maximum Gasteiger partial charge on any atom is 0.146 e. The third kappa shape index (κ3) is 22.9. The summed E-state index contributed by atoms with van der Waals surface area (Å²) in [6.07, 6.45) is 17.7. The molecule has 0 amide bonds. The first-order valence-electron chi connectivity index (χ1n) is 13.7. The van der Waals surface area contributed by atoms with Gasteiger partial charge in [0.05, 0.1) is 6.10 Å². The molecule has 0 saturated carbocycles. The van der Waals surface area contributed by atoms with Crippen LogP contribution < -0.4 is 0 Å². The van der Waals surface area contributed by atoms with Crippen LogP contribution in [0.1, 0.15) is 131 Å². The molecule has 0 radical (unpaired) electrons. The first-order chi connectivity index (χ1) is 14.8. The molecule has 3 nitrogen and oxygen atoms in total. The molecule has 0 saturated heterocycles. The minimum Gasteiger partial charge on any atom is -0.393 e. The highest BCUT2D eigenvalue weighted by atomic mass is 16.7. The van der Waals surface area contributed by atoms with Gasteiger partial charge >= 0.3 is 0 Å². The van der Waals surface area contributed by atoms with Crippen molar-refractivity contribution in [1.29, 1.82) is 0 Å². The lowest BCUT2D eigenvalue weighted by molar-refractivity contribution is -0.0561. The normalized spacial score (nSPS) is 16.7. The van der Waals surface area contributed by atoms with Gasteiger partial charge in [-0.05, 0) is 75.5 Å². The summed E-state index contributed by atoms with van der Waals surface area (Å²) in [5.41, 5.74) is 0. The van der Waals surface area contributed by atoms with Crippen LogP contribution in [0.25, 0.3) is 0 Å². The second-order valence-electron chi connectivity index (χ2n) is 10.8. The van der Waals surface area contributed by atoms with Crippen molar-refractivity contribution in [3.63, 3.8) is 0 Å². The lowest BCUT2D eigenvalue weighted by Crippen LogP contribution is -2.13. The van der Waals surface area contributed by atoms with Crippen LogP contribution in [0.2, 0.25) is 0 Å². The predicted molar refractivity (Wildman–Crippen MR) is 135 cm³/mol. The maximum absolute atomic E-state index is 9.54. The van der Waals surface area contributed by atoms with E-state index < -0.39 is 0 Å². The minimum atomic E-state index is -0.169. The van der Waals surface area contributed by atoms with Crippen LogP contribution in [0.5, 0.6) is 0 Å². The summed E-state index contributed by atoms with van der Waals surface area (Å²) in [5.74, 6) is 2.91. The average molecular weight is 443 g/mol. The summed E-state index contributed by atoms with van der Waals surface area (Å²) >= 11 is 0. The average Bonchev–Trinajstić information content (AvgIpc) is 2.67. The van der Waals surface area contributed by atoms with Gasteiger partial charge in [0, 0.05) is 13.2 Å². The second kappa shape index (κ2) is 21.7. The van der Waals surface area contributed by atoms with Gasteiger partial charge in [-0.1, -0.05) is 79.6 Å². The highest BCUT2D eigenvalue weighted by Crippen LogP contribution is 2.27. The third-order valence-corrected chi connectivity index (χ3v) is 6.45. The van der Waals surface area contributed by atoms with E-state index >= 15 is 0 Å². The molecule has 0 aromatic rings. The number of unbranched alkanes of at least 4 members (excludes halogenated alkanes) is 7. The van der Waals surface area contributed by atoms with Crippen LogP contribution in [0, 0.1) is 23.7 Å². The van der Waals surface area contributed by atoms with E-state index in [9.17, 15) is 5.11 Å². The number of rotatable bonds is 23. The zero-order chi connectivity index (χ0) is 23.3. The van der Waals surface area contributed by atoms with E-state index in [0.29, 0.717) is 12.7 Å². The molecule has 0 aliphatic heterocycles. The molecule has 0 heterocycles. The monoisotopic (exact) mass is 442 g/mol. The van der Waals surface area contributed by atoms with E-state index in [-0.39, 0.29) is 6.10 Å². The second-order valence-corrected chi connectivity index (χ2v) is 10.8. The van der Waals surface area contributed by atoms with Crippen molar-refractivity contribution in [2.24, 2.45) is 23.7 Å². The van der Waals surface area contributed by atoms with Crippen LogP contribution in [0.15, 0.2) is 0 Å². The van der Waals surface area contributed by atoms with Gasteiger partial charge in [-0.3, -0.25) is 0 Å². The molecule has 5 atom stereocenters. The van der Waals surface area contributed by atoms with Crippen molar-refractivity contribution in [1.82, 2.24) is 0 Å². The first kappa shape index (κ1) is 30.9. The first-order valence-corrected chi connectivity index (χ1v) is 13.7. The molecule has 0 aromatic carbocycles. The molecule has 3 heteroatoms. The maximum atomic E-state index is 9.54. The van der Waals surface area contributed by atoms with Crippen molar-refractivity contribution < 1.29 is 14.6 Å². The van der Waals surface area contributed by atoms with Crippen molar-refractivity contribution in [3.8, 4) is 0 Å². The molecule has 0 spiro atoms. The largest absolute Gasteiger partial charge is 0.393 e. The van der Waals surface area contributed by atoms with Crippen molar-refractivity contribution in [2.45, 2.75) is 138 Å². The van der Waals surface area contributed by atoms with Gasteiger partial charge in [0.1, 0.15) is 6.79 Å². The van der Waals surface area contributed by atoms with Crippen molar-refractivity contribution in [3.05, 3.63) is 0 Å². The molecule has 0 rings (SSSR count). The summed E-state index contributed by atoms with van der Waals surface area (Å²) in [6.45, 7) is 15.7.